The molecule has 1 fully saturated rings. The smallest absolute Gasteiger partial charge is 0.289 e. The van der Waals surface area contributed by atoms with E-state index in [1.165, 1.54) is 4.68 Å². The van der Waals surface area contributed by atoms with Gasteiger partial charge in [-0.2, -0.15) is 5.10 Å². The zero-order valence-corrected chi connectivity index (χ0v) is 14.2. The number of hydrazine groups is 1. The summed E-state index contributed by atoms with van der Waals surface area (Å²) in [6, 6.07) is 5.47. The summed E-state index contributed by atoms with van der Waals surface area (Å²) in [7, 11) is 1.59. The van der Waals surface area contributed by atoms with Crippen molar-refractivity contribution in [2.75, 3.05) is 5.73 Å². The Hall–Kier alpha value is -1.60. The molecule has 0 aliphatic carbocycles. The van der Waals surface area contributed by atoms with Crippen molar-refractivity contribution in [3.05, 3.63) is 55.4 Å². The maximum absolute atomic E-state index is 12.0. The summed E-state index contributed by atoms with van der Waals surface area (Å²) < 4.78 is 1.26. The first-order valence-electron chi connectivity index (χ1n) is 7.17. The molecule has 1 saturated heterocycles. The fourth-order valence-electron chi connectivity index (χ4n) is 2.94. The highest BCUT2D eigenvalue weighted by Crippen LogP contribution is 2.35. The van der Waals surface area contributed by atoms with Crippen LogP contribution in [0.4, 0.5) is 5.69 Å². The largest absolute Gasteiger partial charge is 0.394 e. The lowest BCUT2D eigenvalue weighted by atomic mass is 9.96. The van der Waals surface area contributed by atoms with Crippen LogP contribution >= 0.6 is 23.2 Å². The molecule has 8 heteroatoms. The monoisotopic (exact) mass is 353 g/mol. The molecule has 122 valence electrons. The second-order valence-electron chi connectivity index (χ2n) is 5.64. The molecule has 6 nitrogen and oxygen atoms in total. The van der Waals surface area contributed by atoms with E-state index < -0.39 is 0 Å². The highest BCUT2D eigenvalue weighted by atomic mass is 35.5. The van der Waals surface area contributed by atoms with Crippen molar-refractivity contribution >= 4 is 28.9 Å². The number of anilines is 1. The van der Waals surface area contributed by atoms with E-state index in [0.717, 1.165) is 23.2 Å². The minimum atomic E-state index is -0.287. The van der Waals surface area contributed by atoms with Crippen LogP contribution < -0.4 is 22.1 Å². The van der Waals surface area contributed by atoms with Crippen LogP contribution in [0.1, 0.15) is 35.3 Å². The van der Waals surface area contributed by atoms with Crippen molar-refractivity contribution in [3.63, 3.8) is 0 Å². The van der Waals surface area contributed by atoms with Gasteiger partial charge in [-0.05, 0) is 31.0 Å². The number of nitrogens with zero attached hydrogens (tertiary/aromatic N) is 2. The highest BCUT2D eigenvalue weighted by Gasteiger charge is 2.30. The lowest BCUT2D eigenvalue weighted by molar-refractivity contribution is 0.549. The average molecular weight is 354 g/mol. The normalized spacial score (nSPS) is 20.9. The quantitative estimate of drug-likeness (QED) is 0.770. The molecule has 0 bridgehead atoms. The van der Waals surface area contributed by atoms with Crippen LogP contribution in [0, 0.1) is 6.92 Å². The summed E-state index contributed by atoms with van der Waals surface area (Å²) >= 11 is 12.0. The third kappa shape index (κ3) is 2.95. The van der Waals surface area contributed by atoms with E-state index in [0.29, 0.717) is 10.0 Å². The van der Waals surface area contributed by atoms with E-state index in [1.807, 2.05) is 19.1 Å². The fraction of sp³-hybridized carbons (Fsp3) is 0.333. The first-order chi connectivity index (χ1) is 10.9. The van der Waals surface area contributed by atoms with Crippen LogP contribution in [-0.4, -0.2) is 9.78 Å². The number of benzene rings is 1. The topological polar surface area (TPSA) is 85.0 Å². The Morgan fingerprint density at radius 1 is 1.26 bits per heavy atom. The Balaban J connectivity index is 1.90. The van der Waals surface area contributed by atoms with E-state index in [4.69, 9.17) is 28.9 Å². The number of hydrogen-bond acceptors (Lipinski definition) is 5. The maximum atomic E-state index is 12.0. The molecule has 0 saturated carbocycles. The molecular formula is C15H17Cl2N5O. The summed E-state index contributed by atoms with van der Waals surface area (Å²) in [5.41, 5.74) is 14.8. The van der Waals surface area contributed by atoms with Crippen molar-refractivity contribution in [1.82, 2.24) is 20.6 Å². The number of nitrogens with two attached hydrogens (primary N) is 1. The van der Waals surface area contributed by atoms with Gasteiger partial charge in [-0.3, -0.25) is 4.79 Å². The molecule has 1 aromatic carbocycles. The van der Waals surface area contributed by atoms with E-state index in [9.17, 15) is 4.79 Å². The van der Waals surface area contributed by atoms with Gasteiger partial charge in [0.05, 0.1) is 21.8 Å². The van der Waals surface area contributed by atoms with Gasteiger partial charge in [0, 0.05) is 18.7 Å². The standard InChI is InChI=1S/C15H17Cl2N5O/c1-7-13(14(18)15(23)22(2)21-7)12-6-11(19-20-12)8-3-4-9(16)10(17)5-8/h3-5,11-12,19-20H,6,18H2,1-2H3. The summed E-state index contributed by atoms with van der Waals surface area (Å²) in [6.45, 7) is 1.85. The van der Waals surface area contributed by atoms with Gasteiger partial charge in [0.25, 0.3) is 5.56 Å². The third-order valence-corrected chi connectivity index (χ3v) is 4.84. The van der Waals surface area contributed by atoms with Crippen molar-refractivity contribution in [2.45, 2.75) is 25.4 Å². The van der Waals surface area contributed by atoms with Crippen LogP contribution in [0.25, 0.3) is 0 Å². The zero-order chi connectivity index (χ0) is 16.7. The molecule has 1 aromatic heterocycles. The van der Waals surface area contributed by atoms with E-state index in [1.54, 1.807) is 13.1 Å². The van der Waals surface area contributed by atoms with Crippen LogP contribution in [0.15, 0.2) is 23.0 Å². The molecule has 4 N–H and O–H groups in total. The molecule has 2 aromatic rings. The maximum Gasteiger partial charge on any atom is 0.289 e. The minimum absolute atomic E-state index is 0.0395. The fourth-order valence-corrected chi connectivity index (χ4v) is 3.25. The van der Waals surface area contributed by atoms with Gasteiger partial charge >= 0.3 is 0 Å². The van der Waals surface area contributed by atoms with Crippen LogP contribution in [0.3, 0.4) is 0 Å². The Bertz CT molecular complexity index is 820. The predicted molar refractivity (Wildman–Crippen MR) is 91.5 cm³/mol. The number of rotatable bonds is 2. The molecule has 0 spiro atoms. The lowest BCUT2D eigenvalue weighted by Crippen LogP contribution is -2.31. The van der Waals surface area contributed by atoms with E-state index >= 15 is 0 Å². The third-order valence-electron chi connectivity index (χ3n) is 4.10. The zero-order valence-electron chi connectivity index (χ0n) is 12.7. The first kappa shape index (κ1) is 16.3. The van der Waals surface area contributed by atoms with Crippen molar-refractivity contribution in [1.29, 1.82) is 0 Å². The van der Waals surface area contributed by atoms with Gasteiger partial charge in [-0.1, -0.05) is 29.3 Å². The number of aromatic nitrogens is 2. The van der Waals surface area contributed by atoms with E-state index in [-0.39, 0.29) is 23.3 Å². The minimum Gasteiger partial charge on any atom is -0.394 e. The number of nitrogens with one attached hydrogen (secondary N) is 2. The molecule has 3 rings (SSSR count). The molecule has 2 unspecified atom stereocenters. The summed E-state index contributed by atoms with van der Waals surface area (Å²) in [5.74, 6) is 0. The average Bonchev–Trinajstić information content (AvgIpc) is 2.97. The van der Waals surface area contributed by atoms with Crippen LogP contribution in [0.2, 0.25) is 10.0 Å². The summed E-state index contributed by atoms with van der Waals surface area (Å²) in [6.07, 6.45) is 0.720. The van der Waals surface area contributed by atoms with Crippen molar-refractivity contribution < 1.29 is 0 Å². The van der Waals surface area contributed by atoms with Gasteiger partial charge in [-0.15, -0.1) is 0 Å². The Kier molecular flexibility index (Phi) is 4.33. The number of halogens is 2. The molecule has 0 amide bonds. The first-order valence-corrected chi connectivity index (χ1v) is 7.93. The second-order valence-corrected chi connectivity index (χ2v) is 6.46. The summed E-state index contributed by atoms with van der Waals surface area (Å²) in [4.78, 5) is 12.0. The number of nitrogen functional groups attached to an aromatic ring is 1. The molecule has 23 heavy (non-hydrogen) atoms. The predicted octanol–water partition coefficient (Wildman–Crippen LogP) is 2.26. The van der Waals surface area contributed by atoms with Gasteiger partial charge in [-0.25, -0.2) is 15.5 Å². The molecule has 2 heterocycles. The van der Waals surface area contributed by atoms with Gasteiger partial charge in [0.2, 0.25) is 0 Å². The second kappa shape index (κ2) is 6.13. The molecule has 1 aliphatic heterocycles. The van der Waals surface area contributed by atoms with Crippen molar-refractivity contribution in [3.8, 4) is 0 Å². The van der Waals surface area contributed by atoms with Gasteiger partial charge in [0.15, 0.2) is 0 Å². The Labute approximate surface area is 143 Å². The molecular weight excluding hydrogens is 337 g/mol. The van der Waals surface area contributed by atoms with Gasteiger partial charge < -0.3 is 5.73 Å². The highest BCUT2D eigenvalue weighted by molar-refractivity contribution is 6.42. The van der Waals surface area contributed by atoms with Gasteiger partial charge in [0.1, 0.15) is 5.69 Å². The number of aryl methyl sites for hydroxylation is 2. The SMILES string of the molecule is Cc1nn(C)c(=O)c(N)c1C1CC(c2ccc(Cl)c(Cl)c2)NN1. The molecule has 2 atom stereocenters. The van der Waals surface area contributed by atoms with Crippen LogP contribution in [-0.2, 0) is 7.05 Å². The lowest BCUT2D eigenvalue weighted by Gasteiger charge is -2.15. The molecule has 1 aliphatic rings. The summed E-state index contributed by atoms with van der Waals surface area (Å²) in [5, 5.41) is 5.26. The van der Waals surface area contributed by atoms with E-state index in [2.05, 4.69) is 16.0 Å². The van der Waals surface area contributed by atoms with Crippen molar-refractivity contribution in [2.24, 2.45) is 7.05 Å². The Morgan fingerprint density at radius 2 is 1.96 bits per heavy atom. The molecule has 0 radical (unpaired) electrons. The Morgan fingerprint density at radius 3 is 2.65 bits per heavy atom. The number of hydrogen-bond donors (Lipinski definition) is 3. The van der Waals surface area contributed by atoms with Crippen LogP contribution in [0.5, 0.6) is 0 Å².